The van der Waals surface area contributed by atoms with Crippen molar-refractivity contribution in [2.24, 2.45) is 5.41 Å². The topological polar surface area (TPSA) is 27.8 Å². The van der Waals surface area contributed by atoms with Crippen molar-refractivity contribution in [3.63, 3.8) is 0 Å². The quantitative estimate of drug-likeness (QED) is 0.855. The molecule has 2 N–H and O–H groups in total. The smallest absolute Gasteiger partial charge is 0.112 e. The second-order valence-electron chi connectivity index (χ2n) is 7.03. The highest BCUT2D eigenvalue weighted by molar-refractivity contribution is 5.83. The van der Waals surface area contributed by atoms with Gasteiger partial charge in [-0.15, -0.1) is 0 Å². The molecule has 1 heterocycles. The molecular weight excluding hydrogens is 251 g/mol. The maximum atomic E-state index is 13.5. The largest absolute Gasteiger partial charge is 0.361 e. The maximum absolute atomic E-state index is 13.5. The van der Waals surface area contributed by atoms with E-state index in [0.29, 0.717) is 11.5 Å². The molecule has 0 aliphatic heterocycles. The van der Waals surface area contributed by atoms with Crippen molar-refractivity contribution in [2.45, 2.75) is 44.3 Å². The first-order valence-electron chi connectivity index (χ1n) is 7.55. The lowest BCUT2D eigenvalue weighted by Gasteiger charge is -2.66. The molecule has 1 atom stereocenters. The van der Waals surface area contributed by atoms with Crippen LogP contribution in [0.15, 0.2) is 30.5 Å². The summed E-state index contributed by atoms with van der Waals surface area (Å²) in [4.78, 5) is 3.32. The maximum Gasteiger partial charge on any atom is 0.112 e. The molecule has 3 fully saturated rings. The van der Waals surface area contributed by atoms with Crippen molar-refractivity contribution in [1.82, 2.24) is 10.3 Å². The van der Waals surface area contributed by atoms with Crippen LogP contribution >= 0.6 is 0 Å². The summed E-state index contributed by atoms with van der Waals surface area (Å²) in [5.74, 6) is 0. The lowest BCUT2D eigenvalue weighted by Crippen LogP contribution is -2.68. The Hall–Kier alpha value is -1.35. The Labute approximate surface area is 118 Å². The molecule has 0 radical (unpaired) electrons. The highest BCUT2D eigenvalue weighted by Crippen LogP contribution is 2.69. The molecule has 2 bridgehead atoms. The summed E-state index contributed by atoms with van der Waals surface area (Å²) < 4.78 is 13.5. The van der Waals surface area contributed by atoms with Crippen LogP contribution in [0.5, 0.6) is 0 Å². The summed E-state index contributed by atoms with van der Waals surface area (Å²) in [5, 5.41) is 4.92. The summed E-state index contributed by atoms with van der Waals surface area (Å²) >= 11 is 0. The first-order chi connectivity index (χ1) is 9.58. The van der Waals surface area contributed by atoms with E-state index in [-0.39, 0.29) is 0 Å². The molecule has 2 nitrogen and oxygen atoms in total. The van der Waals surface area contributed by atoms with Crippen LogP contribution in [0.1, 0.15) is 31.7 Å². The molecular formula is C17H21FN2. The Morgan fingerprint density at radius 2 is 2.05 bits per heavy atom. The number of hydrogen-bond donors (Lipinski definition) is 2. The molecule has 0 unspecified atom stereocenters. The summed E-state index contributed by atoms with van der Waals surface area (Å²) in [6.07, 6.45) is 5.48. The number of aromatic nitrogens is 1. The van der Waals surface area contributed by atoms with Gasteiger partial charge in [0.25, 0.3) is 0 Å². The minimum Gasteiger partial charge on any atom is -0.361 e. The number of aromatic amines is 1. The first-order valence-corrected chi connectivity index (χ1v) is 7.55. The van der Waals surface area contributed by atoms with Crippen molar-refractivity contribution >= 4 is 10.9 Å². The van der Waals surface area contributed by atoms with Crippen LogP contribution in [0, 0.1) is 5.41 Å². The van der Waals surface area contributed by atoms with Crippen LogP contribution in [0.2, 0.25) is 0 Å². The predicted octanol–water partition coefficient (Wildman–Crippen LogP) is 3.58. The van der Waals surface area contributed by atoms with Gasteiger partial charge in [0.05, 0.1) is 0 Å². The fourth-order valence-electron chi connectivity index (χ4n) is 4.14. The standard InChI is InChI=1S/C17H21FN2/c1-12(20-11-16-8-17(18,9-16)10-16)6-13-7-19-15-5-3-2-4-14(13)15/h2-5,7,12,19-20H,6,8-11H2,1H3/t12-,16?,17?/m1/s1. The first kappa shape index (κ1) is 12.4. The molecule has 5 rings (SSSR count). The summed E-state index contributed by atoms with van der Waals surface area (Å²) in [6, 6.07) is 8.85. The van der Waals surface area contributed by atoms with Gasteiger partial charge in [-0.2, -0.15) is 0 Å². The molecule has 0 amide bonds. The van der Waals surface area contributed by atoms with Gasteiger partial charge in [0.15, 0.2) is 0 Å². The van der Waals surface area contributed by atoms with E-state index < -0.39 is 5.67 Å². The molecule has 3 aliphatic rings. The molecule has 20 heavy (non-hydrogen) atoms. The Kier molecular flexibility index (Phi) is 2.53. The van der Waals surface area contributed by atoms with Gasteiger partial charge in [-0.3, -0.25) is 0 Å². The second kappa shape index (κ2) is 4.08. The Bertz CT molecular complexity index is 625. The lowest BCUT2D eigenvalue weighted by atomic mass is 9.42. The number of para-hydroxylation sites is 1. The van der Waals surface area contributed by atoms with Crippen LogP contribution in [0.4, 0.5) is 4.39 Å². The number of halogens is 1. The zero-order chi connectivity index (χ0) is 13.8. The van der Waals surface area contributed by atoms with Gasteiger partial charge in [-0.25, -0.2) is 4.39 Å². The van der Waals surface area contributed by atoms with Gasteiger partial charge >= 0.3 is 0 Å². The molecule has 1 aromatic heterocycles. The SMILES string of the molecule is C[C@H](Cc1c[nH]c2ccccc12)NCC12CC(F)(C1)C2. The van der Waals surface area contributed by atoms with E-state index in [2.05, 4.69) is 47.7 Å². The van der Waals surface area contributed by atoms with Crippen LogP contribution < -0.4 is 5.32 Å². The van der Waals surface area contributed by atoms with Gasteiger partial charge in [-0.1, -0.05) is 18.2 Å². The van der Waals surface area contributed by atoms with E-state index in [1.807, 2.05) is 0 Å². The van der Waals surface area contributed by atoms with Crippen molar-refractivity contribution < 1.29 is 4.39 Å². The highest BCUT2D eigenvalue weighted by Gasteiger charge is 2.68. The predicted molar refractivity (Wildman–Crippen MR) is 79.6 cm³/mol. The fraction of sp³-hybridized carbons (Fsp3) is 0.529. The zero-order valence-corrected chi connectivity index (χ0v) is 11.9. The van der Waals surface area contributed by atoms with Crippen molar-refractivity contribution in [2.75, 3.05) is 6.54 Å². The highest BCUT2D eigenvalue weighted by atomic mass is 19.1. The third kappa shape index (κ3) is 1.87. The number of H-pyrrole nitrogens is 1. The Balaban J connectivity index is 1.37. The summed E-state index contributed by atoms with van der Waals surface area (Å²) in [6.45, 7) is 3.20. The molecule has 3 heteroatoms. The second-order valence-corrected chi connectivity index (χ2v) is 7.03. The number of benzene rings is 1. The summed E-state index contributed by atoms with van der Waals surface area (Å²) in [7, 11) is 0. The van der Waals surface area contributed by atoms with Crippen molar-refractivity contribution in [1.29, 1.82) is 0 Å². The Morgan fingerprint density at radius 1 is 1.30 bits per heavy atom. The molecule has 106 valence electrons. The number of nitrogens with one attached hydrogen (secondary N) is 2. The molecule has 2 aromatic rings. The molecule has 0 spiro atoms. The van der Waals surface area contributed by atoms with E-state index >= 15 is 0 Å². The normalized spacial score (nSPS) is 32.7. The number of fused-ring (bicyclic) bond motifs is 1. The van der Waals surface area contributed by atoms with Gasteiger partial charge in [0, 0.05) is 29.7 Å². The fourth-order valence-corrected chi connectivity index (χ4v) is 4.14. The molecule has 3 saturated carbocycles. The minimum atomic E-state index is -0.776. The van der Waals surface area contributed by atoms with Gasteiger partial charge < -0.3 is 10.3 Å². The Morgan fingerprint density at radius 3 is 2.80 bits per heavy atom. The number of rotatable bonds is 5. The third-order valence-corrected chi connectivity index (χ3v) is 5.10. The van der Waals surface area contributed by atoms with E-state index in [1.165, 1.54) is 16.5 Å². The van der Waals surface area contributed by atoms with E-state index in [4.69, 9.17) is 0 Å². The van der Waals surface area contributed by atoms with Crippen molar-refractivity contribution in [3.05, 3.63) is 36.0 Å². The molecule has 0 saturated heterocycles. The minimum absolute atomic E-state index is 0.295. The van der Waals surface area contributed by atoms with Crippen molar-refractivity contribution in [3.8, 4) is 0 Å². The van der Waals surface area contributed by atoms with Crippen LogP contribution in [0.25, 0.3) is 10.9 Å². The van der Waals surface area contributed by atoms with Crippen LogP contribution in [-0.2, 0) is 6.42 Å². The van der Waals surface area contributed by atoms with Gasteiger partial charge in [-0.05, 0) is 49.7 Å². The van der Waals surface area contributed by atoms with Gasteiger partial charge in [0.1, 0.15) is 5.67 Å². The average Bonchev–Trinajstić information content (AvgIpc) is 2.76. The number of hydrogen-bond acceptors (Lipinski definition) is 1. The van der Waals surface area contributed by atoms with E-state index in [9.17, 15) is 4.39 Å². The van der Waals surface area contributed by atoms with E-state index in [1.54, 1.807) is 0 Å². The molecule has 1 aromatic carbocycles. The average molecular weight is 272 g/mol. The summed E-state index contributed by atoms with van der Waals surface area (Å²) in [5.41, 5.74) is 2.08. The van der Waals surface area contributed by atoms with Crippen LogP contribution in [0.3, 0.4) is 0 Å². The zero-order valence-electron chi connectivity index (χ0n) is 11.9. The third-order valence-electron chi connectivity index (χ3n) is 5.10. The van der Waals surface area contributed by atoms with E-state index in [0.717, 1.165) is 32.2 Å². The monoisotopic (exact) mass is 272 g/mol. The lowest BCUT2D eigenvalue weighted by molar-refractivity contribution is -0.210. The molecule has 3 aliphatic carbocycles. The van der Waals surface area contributed by atoms with Crippen LogP contribution in [-0.4, -0.2) is 23.2 Å². The number of alkyl halides is 1. The van der Waals surface area contributed by atoms with Gasteiger partial charge in [0.2, 0.25) is 0 Å².